The second-order valence-electron chi connectivity index (χ2n) is 5.44. The Hall–Kier alpha value is -0.910. The third-order valence-electron chi connectivity index (χ3n) is 3.35. The molecule has 20 heavy (non-hydrogen) atoms. The van der Waals surface area contributed by atoms with Crippen LogP contribution in [0.25, 0.3) is 0 Å². The average molecular weight is 298 g/mol. The van der Waals surface area contributed by atoms with Gasteiger partial charge in [-0.25, -0.2) is 13.1 Å². The number of rotatable bonds is 8. The van der Waals surface area contributed by atoms with Gasteiger partial charge in [0.15, 0.2) is 0 Å². The summed E-state index contributed by atoms with van der Waals surface area (Å²) in [6, 6.07) is 7.07. The van der Waals surface area contributed by atoms with Crippen LogP contribution in [0.3, 0.4) is 0 Å². The van der Waals surface area contributed by atoms with Crippen molar-refractivity contribution < 1.29 is 8.42 Å². The molecule has 2 N–H and O–H groups in total. The first-order valence-corrected chi connectivity index (χ1v) is 8.67. The molecule has 0 saturated heterocycles. The van der Waals surface area contributed by atoms with Gasteiger partial charge < -0.3 is 5.32 Å². The first-order chi connectivity index (χ1) is 9.38. The summed E-state index contributed by atoms with van der Waals surface area (Å²) in [4.78, 5) is 0.371. The SMILES string of the molecule is CCCNCc1ccccc1S(=O)(=O)NC(C)C(C)C. The minimum absolute atomic E-state index is 0.0864. The van der Waals surface area contributed by atoms with Crippen LogP contribution in [0, 0.1) is 5.92 Å². The Morgan fingerprint density at radius 2 is 1.80 bits per heavy atom. The lowest BCUT2D eigenvalue weighted by molar-refractivity contribution is 0.476. The fraction of sp³-hybridized carbons (Fsp3) is 0.600. The largest absolute Gasteiger partial charge is 0.313 e. The summed E-state index contributed by atoms with van der Waals surface area (Å²) in [5, 5.41) is 3.25. The van der Waals surface area contributed by atoms with Crippen LogP contribution in [0.1, 0.15) is 39.7 Å². The maximum absolute atomic E-state index is 12.5. The monoisotopic (exact) mass is 298 g/mol. The zero-order valence-corrected chi connectivity index (χ0v) is 13.6. The summed E-state index contributed by atoms with van der Waals surface area (Å²) in [7, 11) is -3.46. The molecule has 4 nitrogen and oxygen atoms in total. The summed E-state index contributed by atoms with van der Waals surface area (Å²) in [6.45, 7) is 9.43. The van der Waals surface area contributed by atoms with Crippen molar-refractivity contribution in [1.82, 2.24) is 10.0 Å². The van der Waals surface area contributed by atoms with E-state index in [1.54, 1.807) is 12.1 Å². The Balaban J connectivity index is 2.94. The molecule has 0 heterocycles. The Labute approximate surface area is 123 Å². The minimum atomic E-state index is -3.46. The number of nitrogens with one attached hydrogen (secondary N) is 2. The van der Waals surface area contributed by atoms with Crippen molar-refractivity contribution in [2.45, 2.75) is 51.6 Å². The van der Waals surface area contributed by atoms with Gasteiger partial charge in [0.2, 0.25) is 10.0 Å². The molecule has 1 unspecified atom stereocenters. The summed E-state index contributed by atoms with van der Waals surface area (Å²) in [5.74, 6) is 0.259. The molecule has 0 aliphatic heterocycles. The van der Waals surface area contributed by atoms with E-state index in [4.69, 9.17) is 0 Å². The Kier molecular flexibility index (Phi) is 6.65. The first-order valence-electron chi connectivity index (χ1n) is 7.19. The van der Waals surface area contributed by atoms with Crippen molar-refractivity contribution in [2.24, 2.45) is 5.92 Å². The van der Waals surface area contributed by atoms with E-state index in [2.05, 4.69) is 17.0 Å². The van der Waals surface area contributed by atoms with E-state index in [1.807, 2.05) is 32.9 Å². The molecule has 0 aromatic heterocycles. The smallest absolute Gasteiger partial charge is 0.241 e. The van der Waals surface area contributed by atoms with Gasteiger partial charge in [-0.1, -0.05) is 39.0 Å². The second kappa shape index (κ2) is 7.76. The molecule has 0 aliphatic rings. The van der Waals surface area contributed by atoms with Crippen LogP contribution in [0.15, 0.2) is 29.2 Å². The molecule has 1 aromatic rings. The lowest BCUT2D eigenvalue weighted by Crippen LogP contribution is -2.36. The van der Waals surface area contributed by atoms with Crippen molar-refractivity contribution in [3.63, 3.8) is 0 Å². The number of benzene rings is 1. The van der Waals surface area contributed by atoms with Gasteiger partial charge in [0, 0.05) is 12.6 Å². The highest BCUT2D eigenvalue weighted by atomic mass is 32.2. The lowest BCUT2D eigenvalue weighted by Gasteiger charge is -2.19. The molecule has 0 fully saturated rings. The van der Waals surface area contributed by atoms with Gasteiger partial charge in [-0.15, -0.1) is 0 Å². The van der Waals surface area contributed by atoms with Crippen LogP contribution in [-0.2, 0) is 16.6 Å². The highest BCUT2D eigenvalue weighted by Crippen LogP contribution is 2.16. The van der Waals surface area contributed by atoms with E-state index in [0.717, 1.165) is 18.5 Å². The zero-order valence-electron chi connectivity index (χ0n) is 12.8. The van der Waals surface area contributed by atoms with Gasteiger partial charge in [0.05, 0.1) is 4.90 Å². The molecule has 114 valence electrons. The fourth-order valence-corrected chi connectivity index (χ4v) is 3.39. The van der Waals surface area contributed by atoms with Gasteiger partial charge in [-0.3, -0.25) is 0 Å². The van der Waals surface area contributed by atoms with Gasteiger partial charge >= 0.3 is 0 Å². The molecule has 0 aliphatic carbocycles. The minimum Gasteiger partial charge on any atom is -0.313 e. The van der Waals surface area contributed by atoms with Crippen molar-refractivity contribution in [2.75, 3.05) is 6.54 Å². The van der Waals surface area contributed by atoms with Crippen molar-refractivity contribution in [3.8, 4) is 0 Å². The van der Waals surface area contributed by atoms with Crippen LogP contribution < -0.4 is 10.0 Å². The summed E-state index contributed by atoms with van der Waals surface area (Å²) < 4.78 is 27.7. The molecule has 1 rings (SSSR count). The normalized spacial score (nSPS) is 13.7. The number of sulfonamides is 1. The van der Waals surface area contributed by atoms with E-state index in [0.29, 0.717) is 11.4 Å². The van der Waals surface area contributed by atoms with Crippen molar-refractivity contribution in [1.29, 1.82) is 0 Å². The quantitative estimate of drug-likeness (QED) is 0.725. The molecule has 1 atom stereocenters. The molecule has 5 heteroatoms. The van der Waals surface area contributed by atoms with Crippen LogP contribution in [0.5, 0.6) is 0 Å². The Morgan fingerprint density at radius 1 is 1.15 bits per heavy atom. The summed E-state index contributed by atoms with van der Waals surface area (Å²) in [6.07, 6.45) is 1.03. The van der Waals surface area contributed by atoms with E-state index in [1.165, 1.54) is 0 Å². The molecule has 0 radical (unpaired) electrons. The highest BCUT2D eigenvalue weighted by Gasteiger charge is 2.21. The molecule has 1 aromatic carbocycles. The Morgan fingerprint density at radius 3 is 2.40 bits per heavy atom. The summed E-state index contributed by atoms with van der Waals surface area (Å²) >= 11 is 0. The molecule has 0 amide bonds. The first kappa shape index (κ1) is 17.1. The topological polar surface area (TPSA) is 58.2 Å². The maximum Gasteiger partial charge on any atom is 0.241 e. The maximum atomic E-state index is 12.5. The van der Waals surface area contributed by atoms with Gasteiger partial charge in [0.25, 0.3) is 0 Å². The van der Waals surface area contributed by atoms with E-state index >= 15 is 0 Å². The molecule has 0 bridgehead atoms. The van der Waals surface area contributed by atoms with Crippen LogP contribution in [0.4, 0.5) is 0 Å². The third-order valence-corrected chi connectivity index (χ3v) is 5.00. The predicted octanol–water partition coefficient (Wildman–Crippen LogP) is 2.51. The van der Waals surface area contributed by atoms with Gasteiger partial charge in [0.1, 0.15) is 0 Å². The molecular weight excluding hydrogens is 272 g/mol. The lowest BCUT2D eigenvalue weighted by atomic mass is 10.1. The molecule has 0 spiro atoms. The number of hydrogen-bond acceptors (Lipinski definition) is 3. The average Bonchev–Trinajstić information content (AvgIpc) is 2.39. The van der Waals surface area contributed by atoms with Crippen molar-refractivity contribution >= 4 is 10.0 Å². The molecule has 0 saturated carbocycles. The predicted molar refractivity (Wildman–Crippen MR) is 83.1 cm³/mol. The van der Waals surface area contributed by atoms with Crippen LogP contribution in [-0.4, -0.2) is 21.0 Å². The fourth-order valence-electron chi connectivity index (χ4n) is 1.76. The second-order valence-corrected chi connectivity index (χ2v) is 7.12. The highest BCUT2D eigenvalue weighted by molar-refractivity contribution is 7.89. The Bertz CT molecular complexity index is 512. The number of hydrogen-bond donors (Lipinski definition) is 2. The van der Waals surface area contributed by atoms with E-state index in [9.17, 15) is 8.42 Å². The van der Waals surface area contributed by atoms with E-state index in [-0.39, 0.29) is 12.0 Å². The zero-order chi connectivity index (χ0) is 15.2. The van der Waals surface area contributed by atoms with Crippen LogP contribution >= 0.6 is 0 Å². The summed E-state index contributed by atoms with van der Waals surface area (Å²) in [5.41, 5.74) is 0.810. The van der Waals surface area contributed by atoms with Crippen LogP contribution in [0.2, 0.25) is 0 Å². The third kappa shape index (κ3) is 4.89. The van der Waals surface area contributed by atoms with E-state index < -0.39 is 10.0 Å². The van der Waals surface area contributed by atoms with Crippen molar-refractivity contribution in [3.05, 3.63) is 29.8 Å². The van der Waals surface area contributed by atoms with Gasteiger partial charge in [-0.05, 0) is 37.4 Å². The van der Waals surface area contributed by atoms with Gasteiger partial charge in [-0.2, -0.15) is 0 Å². The standard InChI is InChI=1S/C15H26N2O2S/c1-5-10-16-11-14-8-6-7-9-15(14)20(18,19)17-13(4)12(2)3/h6-9,12-13,16-17H,5,10-11H2,1-4H3. The molecular formula is C15H26N2O2S.